The first kappa shape index (κ1) is 20.8. The predicted molar refractivity (Wildman–Crippen MR) is 123 cm³/mol. The second kappa shape index (κ2) is 8.09. The van der Waals surface area contributed by atoms with Crippen LogP contribution in [0.1, 0.15) is 16.7 Å². The van der Waals surface area contributed by atoms with Crippen LogP contribution in [-0.4, -0.2) is 25.0 Å². The summed E-state index contributed by atoms with van der Waals surface area (Å²) in [6.07, 6.45) is 0. The normalized spacial score (nSPS) is 15.3. The highest BCUT2D eigenvalue weighted by Crippen LogP contribution is 2.37. The second-order valence-corrected chi connectivity index (χ2v) is 8.03. The molecule has 1 N–H and O–H groups in total. The minimum absolute atomic E-state index is 0.113. The molecule has 0 atom stereocenters. The zero-order valence-electron chi connectivity index (χ0n) is 18.1. The molecule has 0 bridgehead atoms. The number of nitrogens with zero attached hydrogens (tertiary/aromatic N) is 1. The van der Waals surface area contributed by atoms with Crippen molar-refractivity contribution in [2.75, 3.05) is 23.4 Å². The average Bonchev–Trinajstić information content (AvgIpc) is 3.03. The summed E-state index contributed by atoms with van der Waals surface area (Å²) >= 11 is 0. The molecule has 0 aromatic heterocycles. The molecule has 0 aliphatic carbocycles. The maximum absolute atomic E-state index is 13.6. The van der Waals surface area contributed by atoms with Crippen LogP contribution in [0.3, 0.4) is 0 Å². The van der Waals surface area contributed by atoms with E-state index in [2.05, 4.69) is 5.32 Å². The number of nitrogens with one attached hydrogen (secondary N) is 1. The topological polar surface area (TPSA) is 67.9 Å². The highest BCUT2D eigenvalue weighted by atomic mass is 19.1. The number of hydrogen-bond acceptors (Lipinski definition) is 5. The summed E-state index contributed by atoms with van der Waals surface area (Å²) in [5.74, 6) is -0.220. The molecule has 33 heavy (non-hydrogen) atoms. The van der Waals surface area contributed by atoms with Crippen molar-refractivity contribution in [2.45, 2.75) is 13.8 Å². The lowest BCUT2D eigenvalue weighted by molar-refractivity contribution is -0.120. The minimum atomic E-state index is -0.487. The molecule has 5 rings (SSSR count). The summed E-state index contributed by atoms with van der Waals surface area (Å²) in [4.78, 5) is 28.2. The first-order valence-electron chi connectivity index (χ1n) is 10.5. The van der Waals surface area contributed by atoms with E-state index in [1.54, 1.807) is 30.3 Å². The van der Waals surface area contributed by atoms with E-state index < -0.39 is 17.6 Å². The summed E-state index contributed by atoms with van der Waals surface area (Å²) in [5, 5.41) is 3.10. The summed E-state index contributed by atoms with van der Waals surface area (Å²) in [5.41, 5.74) is 3.65. The fourth-order valence-corrected chi connectivity index (χ4v) is 4.11. The van der Waals surface area contributed by atoms with Crippen LogP contribution >= 0.6 is 0 Å². The summed E-state index contributed by atoms with van der Waals surface area (Å²) < 4.78 is 24.8. The van der Waals surface area contributed by atoms with E-state index in [0.29, 0.717) is 41.7 Å². The van der Waals surface area contributed by atoms with Gasteiger partial charge in [-0.25, -0.2) is 9.29 Å². The maximum Gasteiger partial charge on any atom is 0.282 e. The van der Waals surface area contributed by atoms with E-state index in [0.717, 1.165) is 16.0 Å². The predicted octanol–water partition coefficient (Wildman–Crippen LogP) is 4.61. The van der Waals surface area contributed by atoms with Gasteiger partial charge in [-0.2, -0.15) is 0 Å². The van der Waals surface area contributed by atoms with E-state index in [-0.39, 0.29) is 11.3 Å². The third-order valence-electron chi connectivity index (χ3n) is 5.49. The Morgan fingerprint density at radius 1 is 0.818 bits per heavy atom. The number of carbonyl (C=O) groups is 2. The van der Waals surface area contributed by atoms with Gasteiger partial charge in [0.15, 0.2) is 11.5 Å². The summed E-state index contributed by atoms with van der Waals surface area (Å²) in [6, 6.07) is 16.3. The molecule has 166 valence electrons. The molecular formula is C26H21FN2O4. The number of carbonyl (C=O) groups excluding carboxylic acids is 2. The molecule has 2 heterocycles. The molecule has 0 saturated heterocycles. The number of imide groups is 1. The Balaban J connectivity index is 1.59. The van der Waals surface area contributed by atoms with Crippen molar-refractivity contribution in [3.8, 4) is 11.5 Å². The molecule has 0 unspecified atom stereocenters. The van der Waals surface area contributed by atoms with E-state index in [1.807, 2.05) is 19.9 Å². The Morgan fingerprint density at radius 3 is 2.18 bits per heavy atom. The van der Waals surface area contributed by atoms with Crippen molar-refractivity contribution in [2.24, 2.45) is 0 Å². The lowest BCUT2D eigenvalue weighted by Gasteiger charge is -2.19. The van der Waals surface area contributed by atoms with Crippen molar-refractivity contribution in [1.82, 2.24) is 0 Å². The molecule has 7 heteroatoms. The van der Waals surface area contributed by atoms with Gasteiger partial charge in [-0.05, 0) is 66.9 Å². The van der Waals surface area contributed by atoms with Crippen LogP contribution in [-0.2, 0) is 9.59 Å². The van der Waals surface area contributed by atoms with Gasteiger partial charge in [0.05, 0.1) is 11.3 Å². The van der Waals surface area contributed by atoms with Crippen molar-refractivity contribution in [3.63, 3.8) is 0 Å². The Kier molecular flexibility index (Phi) is 5.09. The van der Waals surface area contributed by atoms with E-state index in [9.17, 15) is 14.0 Å². The molecule has 0 spiro atoms. The molecular weight excluding hydrogens is 423 g/mol. The monoisotopic (exact) mass is 444 g/mol. The number of halogens is 1. The van der Waals surface area contributed by atoms with Gasteiger partial charge in [-0.1, -0.05) is 18.2 Å². The van der Waals surface area contributed by atoms with Crippen molar-refractivity contribution >= 4 is 28.8 Å². The third-order valence-corrected chi connectivity index (χ3v) is 5.49. The lowest BCUT2D eigenvalue weighted by atomic mass is 10.0. The lowest BCUT2D eigenvalue weighted by Crippen LogP contribution is -2.32. The minimum Gasteiger partial charge on any atom is -0.486 e. The zero-order valence-corrected chi connectivity index (χ0v) is 18.1. The number of amides is 2. The van der Waals surface area contributed by atoms with E-state index in [1.165, 1.54) is 24.3 Å². The van der Waals surface area contributed by atoms with E-state index in [4.69, 9.17) is 9.47 Å². The molecule has 2 amide bonds. The van der Waals surface area contributed by atoms with Crippen LogP contribution in [0.25, 0.3) is 5.57 Å². The molecule has 0 saturated carbocycles. The Hall–Kier alpha value is -4.13. The van der Waals surface area contributed by atoms with Crippen LogP contribution in [0.2, 0.25) is 0 Å². The molecule has 2 aliphatic heterocycles. The molecule has 3 aromatic carbocycles. The number of rotatable bonds is 4. The van der Waals surface area contributed by atoms with Crippen molar-refractivity contribution < 1.29 is 23.5 Å². The standard InChI is InChI=1S/C26H21FN2O4/c1-15-11-16(2)13-20(12-15)29-25(30)23(17-3-5-18(27)6-4-17)24(26(29)31)28-19-7-8-21-22(14-19)33-10-9-32-21/h3-8,11-14,28H,9-10H2,1-2H3. The van der Waals surface area contributed by atoms with Gasteiger partial charge >= 0.3 is 0 Å². The van der Waals surface area contributed by atoms with Gasteiger partial charge in [0.25, 0.3) is 11.8 Å². The fourth-order valence-electron chi connectivity index (χ4n) is 4.11. The Bertz CT molecular complexity index is 1290. The van der Waals surface area contributed by atoms with Gasteiger partial charge in [-0.15, -0.1) is 0 Å². The van der Waals surface area contributed by atoms with Crippen molar-refractivity contribution in [1.29, 1.82) is 0 Å². The van der Waals surface area contributed by atoms with E-state index >= 15 is 0 Å². The average molecular weight is 444 g/mol. The van der Waals surface area contributed by atoms with Crippen LogP contribution in [0, 0.1) is 19.7 Å². The number of anilines is 2. The first-order valence-corrected chi connectivity index (χ1v) is 10.5. The van der Waals surface area contributed by atoms with Gasteiger partial charge in [0.2, 0.25) is 0 Å². The fraction of sp³-hybridized carbons (Fsp3) is 0.154. The summed E-state index contributed by atoms with van der Waals surface area (Å²) in [7, 11) is 0. The third kappa shape index (κ3) is 3.82. The molecule has 3 aromatic rings. The number of aryl methyl sites for hydroxylation is 2. The number of fused-ring (bicyclic) bond motifs is 1. The van der Waals surface area contributed by atoms with Crippen LogP contribution in [0.5, 0.6) is 11.5 Å². The van der Waals surface area contributed by atoms with Crippen molar-refractivity contribution in [3.05, 3.63) is 88.9 Å². The zero-order chi connectivity index (χ0) is 23.1. The maximum atomic E-state index is 13.6. The van der Waals surface area contributed by atoms with Gasteiger partial charge in [-0.3, -0.25) is 9.59 Å². The number of hydrogen-bond donors (Lipinski definition) is 1. The van der Waals surface area contributed by atoms with Crippen LogP contribution in [0.15, 0.2) is 66.4 Å². The van der Waals surface area contributed by atoms with Crippen LogP contribution in [0.4, 0.5) is 15.8 Å². The smallest absolute Gasteiger partial charge is 0.282 e. The van der Waals surface area contributed by atoms with Crippen LogP contribution < -0.4 is 19.7 Å². The summed E-state index contributed by atoms with van der Waals surface area (Å²) in [6.45, 7) is 4.71. The van der Waals surface area contributed by atoms with Gasteiger partial charge in [0, 0.05) is 11.8 Å². The quantitative estimate of drug-likeness (QED) is 0.596. The molecule has 2 aliphatic rings. The highest BCUT2D eigenvalue weighted by molar-refractivity contribution is 6.46. The second-order valence-electron chi connectivity index (χ2n) is 8.03. The highest BCUT2D eigenvalue weighted by Gasteiger charge is 2.40. The molecule has 6 nitrogen and oxygen atoms in total. The largest absolute Gasteiger partial charge is 0.486 e. The first-order chi connectivity index (χ1) is 15.9. The SMILES string of the molecule is Cc1cc(C)cc(N2C(=O)C(Nc3ccc4c(c3)OCCO4)=C(c3ccc(F)cc3)C2=O)c1. The Labute approximate surface area is 190 Å². The molecule has 0 fully saturated rings. The van der Waals surface area contributed by atoms with Gasteiger partial charge < -0.3 is 14.8 Å². The Morgan fingerprint density at radius 2 is 1.48 bits per heavy atom. The van der Waals surface area contributed by atoms with Gasteiger partial charge in [0.1, 0.15) is 24.7 Å². The number of benzene rings is 3. The molecule has 0 radical (unpaired) electrons. The number of ether oxygens (including phenoxy) is 2.